The predicted octanol–water partition coefficient (Wildman–Crippen LogP) is 1.20. The highest BCUT2D eigenvalue weighted by Crippen LogP contribution is 2.11. The van der Waals surface area contributed by atoms with E-state index in [1.54, 1.807) is 12.1 Å². The Labute approximate surface area is 123 Å². The quantitative estimate of drug-likeness (QED) is 0.785. The van der Waals surface area contributed by atoms with E-state index in [1.165, 1.54) is 27.7 Å². The van der Waals surface area contributed by atoms with Crippen LogP contribution in [0.3, 0.4) is 0 Å². The van der Waals surface area contributed by atoms with Gasteiger partial charge in [0, 0.05) is 0 Å². The van der Waals surface area contributed by atoms with Gasteiger partial charge in [0.2, 0.25) is 11.0 Å². The molecule has 21 heavy (non-hydrogen) atoms. The van der Waals surface area contributed by atoms with E-state index in [2.05, 4.69) is 20.5 Å². The number of aryl methyl sites for hydroxylation is 1. The van der Waals surface area contributed by atoms with Gasteiger partial charge in [-0.3, -0.25) is 19.5 Å². The highest BCUT2D eigenvalue weighted by atomic mass is 32.1. The molecule has 7 nitrogen and oxygen atoms in total. The third-order valence-electron chi connectivity index (χ3n) is 2.98. The molecule has 3 aromatic rings. The van der Waals surface area contributed by atoms with Gasteiger partial charge in [0.05, 0.1) is 17.2 Å². The Bertz CT molecular complexity index is 857. The highest BCUT2D eigenvalue weighted by Gasteiger charge is 2.10. The first kappa shape index (κ1) is 13.4. The van der Waals surface area contributed by atoms with Crippen molar-refractivity contribution in [1.29, 1.82) is 0 Å². The Morgan fingerprint density at radius 2 is 2.29 bits per heavy atom. The molecule has 1 aromatic carbocycles. The van der Waals surface area contributed by atoms with E-state index in [0.717, 1.165) is 5.56 Å². The van der Waals surface area contributed by atoms with Gasteiger partial charge in [-0.25, -0.2) is 4.98 Å². The number of carbonyl (C=O) groups excluding carboxylic acids is 1. The molecule has 0 saturated heterocycles. The van der Waals surface area contributed by atoms with Crippen molar-refractivity contribution in [2.45, 2.75) is 13.5 Å². The number of amides is 1. The molecular formula is C13H11N5O2S. The molecular weight excluding hydrogens is 290 g/mol. The number of nitrogens with one attached hydrogen (secondary N) is 1. The topological polar surface area (TPSA) is 89.8 Å². The summed E-state index contributed by atoms with van der Waals surface area (Å²) in [6.45, 7) is 1.77. The minimum absolute atomic E-state index is 0.116. The van der Waals surface area contributed by atoms with Crippen molar-refractivity contribution in [1.82, 2.24) is 19.7 Å². The van der Waals surface area contributed by atoms with Gasteiger partial charge in [-0.15, -0.1) is 10.2 Å². The summed E-state index contributed by atoms with van der Waals surface area (Å²) in [7, 11) is 0. The van der Waals surface area contributed by atoms with E-state index in [4.69, 9.17) is 0 Å². The lowest BCUT2D eigenvalue weighted by Crippen LogP contribution is -2.28. The highest BCUT2D eigenvalue weighted by molar-refractivity contribution is 7.13. The van der Waals surface area contributed by atoms with E-state index >= 15 is 0 Å². The van der Waals surface area contributed by atoms with Crippen molar-refractivity contribution < 1.29 is 4.79 Å². The van der Waals surface area contributed by atoms with Gasteiger partial charge in [-0.05, 0) is 18.6 Å². The van der Waals surface area contributed by atoms with Crippen molar-refractivity contribution in [2.75, 3.05) is 5.32 Å². The zero-order chi connectivity index (χ0) is 14.8. The van der Waals surface area contributed by atoms with E-state index < -0.39 is 0 Å². The third kappa shape index (κ3) is 2.65. The van der Waals surface area contributed by atoms with Crippen LogP contribution in [0.5, 0.6) is 0 Å². The number of nitrogens with zero attached hydrogens (tertiary/aromatic N) is 4. The minimum atomic E-state index is -0.345. The van der Waals surface area contributed by atoms with Gasteiger partial charge < -0.3 is 0 Å². The number of benzene rings is 1. The number of hydrogen-bond donors (Lipinski definition) is 1. The maximum absolute atomic E-state index is 12.3. The molecule has 1 N–H and O–H groups in total. The normalized spacial score (nSPS) is 10.7. The average molecular weight is 301 g/mol. The van der Waals surface area contributed by atoms with E-state index in [-0.39, 0.29) is 18.0 Å². The van der Waals surface area contributed by atoms with Crippen LogP contribution < -0.4 is 10.9 Å². The Kier molecular flexibility index (Phi) is 3.44. The second-order valence-corrected chi connectivity index (χ2v) is 5.27. The van der Waals surface area contributed by atoms with Crippen molar-refractivity contribution in [2.24, 2.45) is 0 Å². The van der Waals surface area contributed by atoms with Crippen LogP contribution in [0.15, 0.2) is 34.8 Å². The first-order valence-corrected chi connectivity index (χ1v) is 7.04. The molecule has 0 spiro atoms. The zero-order valence-corrected chi connectivity index (χ0v) is 11.9. The van der Waals surface area contributed by atoms with Crippen molar-refractivity contribution in [3.8, 4) is 0 Å². The van der Waals surface area contributed by atoms with Crippen LogP contribution in [-0.2, 0) is 11.3 Å². The molecule has 2 aromatic heterocycles. The Balaban J connectivity index is 1.89. The summed E-state index contributed by atoms with van der Waals surface area (Å²) in [4.78, 5) is 28.5. The van der Waals surface area contributed by atoms with Crippen molar-refractivity contribution in [3.63, 3.8) is 0 Å². The predicted molar refractivity (Wildman–Crippen MR) is 79.3 cm³/mol. The fourth-order valence-corrected chi connectivity index (χ4v) is 2.45. The Morgan fingerprint density at radius 3 is 3.05 bits per heavy atom. The van der Waals surface area contributed by atoms with Crippen LogP contribution in [-0.4, -0.2) is 25.7 Å². The molecule has 0 aliphatic rings. The van der Waals surface area contributed by atoms with Crippen LogP contribution in [0.1, 0.15) is 5.56 Å². The van der Waals surface area contributed by atoms with Gasteiger partial charge in [-0.2, -0.15) is 0 Å². The molecule has 8 heteroatoms. The zero-order valence-electron chi connectivity index (χ0n) is 11.1. The molecule has 0 aliphatic carbocycles. The van der Waals surface area contributed by atoms with Crippen LogP contribution >= 0.6 is 11.3 Å². The van der Waals surface area contributed by atoms with Crippen LogP contribution in [0.2, 0.25) is 0 Å². The maximum atomic E-state index is 12.3. The molecule has 1 amide bonds. The first-order valence-electron chi connectivity index (χ1n) is 6.16. The summed E-state index contributed by atoms with van der Waals surface area (Å²) >= 11 is 1.21. The van der Waals surface area contributed by atoms with Crippen molar-refractivity contribution in [3.05, 3.63) is 46.0 Å². The number of anilines is 1. The molecule has 106 valence electrons. The molecule has 2 heterocycles. The van der Waals surface area contributed by atoms with Gasteiger partial charge >= 0.3 is 0 Å². The molecule has 0 fully saturated rings. The Morgan fingerprint density at radius 1 is 1.43 bits per heavy atom. The van der Waals surface area contributed by atoms with Gasteiger partial charge in [0.15, 0.2) is 0 Å². The molecule has 0 radical (unpaired) electrons. The Hall–Kier alpha value is -2.61. The third-order valence-corrected chi connectivity index (χ3v) is 3.58. The molecule has 3 rings (SSSR count). The summed E-state index contributed by atoms with van der Waals surface area (Å²) in [5, 5.41) is 10.8. The monoisotopic (exact) mass is 301 g/mol. The van der Waals surface area contributed by atoms with Gasteiger partial charge in [0.25, 0.3) is 5.56 Å². The molecule has 0 saturated carbocycles. The van der Waals surface area contributed by atoms with Gasteiger partial charge in [0.1, 0.15) is 12.1 Å². The first-order chi connectivity index (χ1) is 10.1. The maximum Gasteiger partial charge on any atom is 0.261 e. The number of aromatic nitrogens is 4. The summed E-state index contributed by atoms with van der Waals surface area (Å²) in [5.74, 6) is -0.345. The fourth-order valence-electron chi connectivity index (χ4n) is 1.99. The SMILES string of the molecule is Cc1cccc2c(=O)n(CC(=O)Nc3nncs3)cnc12. The number of carbonyl (C=O) groups is 1. The molecule has 0 bridgehead atoms. The lowest BCUT2D eigenvalue weighted by molar-refractivity contribution is -0.116. The molecule has 0 unspecified atom stereocenters. The largest absolute Gasteiger partial charge is 0.299 e. The van der Waals surface area contributed by atoms with Crippen LogP contribution in [0.25, 0.3) is 10.9 Å². The summed E-state index contributed by atoms with van der Waals surface area (Å²) in [6.07, 6.45) is 1.39. The fraction of sp³-hybridized carbons (Fsp3) is 0.154. The van der Waals surface area contributed by atoms with Crippen LogP contribution in [0.4, 0.5) is 5.13 Å². The summed E-state index contributed by atoms with van der Waals surface area (Å²) in [6, 6.07) is 5.39. The number of rotatable bonds is 3. The second-order valence-electron chi connectivity index (χ2n) is 4.44. The molecule has 0 aliphatic heterocycles. The number of fused-ring (bicyclic) bond motifs is 1. The smallest absolute Gasteiger partial charge is 0.261 e. The summed E-state index contributed by atoms with van der Waals surface area (Å²) in [5.41, 5.74) is 2.86. The lowest BCUT2D eigenvalue weighted by Gasteiger charge is -2.07. The standard InChI is InChI=1S/C13H11N5O2S/c1-8-3-2-4-9-11(8)14-6-18(12(9)20)5-10(19)16-13-17-15-7-21-13/h2-4,6-7H,5H2,1H3,(H,16,17,19). The van der Waals surface area contributed by atoms with E-state index in [1.807, 2.05) is 13.0 Å². The van der Waals surface area contributed by atoms with E-state index in [9.17, 15) is 9.59 Å². The lowest BCUT2D eigenvalue weighted by atomic mass is 10.1. The van der Waals surface area contributed by atoms with Gasteiger partial charge in [-0.1, -0.05) is 23.5 Å². The van der Waals surface area contributed by atoms with Crippen LogP contribution in [0, 0.1) is 6.92 Å². The minimum Gasteiger partial charge on any atom is -0.299 e. The number of hydrogen-bond acceptors (Lipinski definition) is 6. The average Bonchev–Trinajstić information content (AvgIpc) is 2.95. The molecule has 0 atom stereocenters. The number of para-hydroxylation sites is 1. The van der Waals surface area contributed by atoms with E-state index in [0.29, 0.717) is 16.0 Å². The van der Waals surface area contributed by atoms with Crippen molar-refractivity contribution >= 4 is 33.3 Å². The summed E-state index contributed by atoms with van der Waals surface area (Å²) < 4.78 is 1.28. The second kappa shape index (κ2) is 5.41.